The Morgan fingerprint density at radius 2 is 1.97 bits per heavy atom. The van der Waals surface area contributed by atoms with E-state index in [9.17, 15) is 4.79 Å². The third-order valence-corrected chi connectivity index (χ3v) is 6.04. The fourth-order valence-electron chi connectivity index (χ4n) is 3.12. The highest BCUT2D eigenvalue weighted by Gasteiger charge is 2.18. The van der Waals surface area contributed by atoms with Gasteiger partial charge in [0.2, 0.25) is 0 Å². The van der Waals surface area contributed by atoms with Crippen LogP contribution < -0.4 is 15.0 Å². The number of hydrogen-bond acceptors (Lipinski definition) is 7. The van der Waals surface area contributed by atoms with Crippen LogP contribution in [-0.4, -0.2) is 31.8 Å². The lowest BCUT2D eigenvalue weighted by molar-refractivity contribution is 0.272. The van der Waals surface area contributed by atoms with Gasteiger partial charge in [-0.1, -0.05) is 30.0 Å². The number of H-pyrrole nitrogens is 1. The monoisotopic (exact) mass is 437 g/mol. The summed E-state index contributed by atoms with van der Waals surface area (Å²) in [6, 6.07) is 13.1. The van der Waals surface area contributed by atoms with E-state index in [2.05, 4.69) is 20.2 Å². The number of aryl methyl sites for hydroxylation is 1. The molecule has 2 heterocycles. The average molecular weight is 438 g/mol. The molecule has 0 fully saturated rings. The molecule has 0 saturated carbocycles. The predicted octanol–water partition coefficient (Wildman–Crippen LogP) is 3.80. The van der Waals surface area contributed by atoms with Crippen LogP contribution in [0.1, 0.15) is 29.4 Å². The van der Waals surface area contributed by atoms with Gasteiger partial charge in [0.25, 0.3) is 5.56 Å². The molecule has 160 valence electrons. The van der Waals surface area contributed by atoms with Crippen molar-refractivity contribution >= 4 is 22.7 Å². The highest BCUT2D eigenvalue weighted by Crippen LogP contribution is 2.32. The van der Waals surface area contributed by atoms with Crippen LogP contribution >= 0.6 is 11.8 Å². The normalized spacial score (nSPS) is 12.1. The fourth-order valence-corrected chi connectivity index (χ4v) is 4.01. The number of benzene rings is 2. The van der Waals surface area contributed by atoms with Gasteiger partial charge in [-0.05, 0) is 43.7 Å². The van der Waals surface area contributed by atoms with E-state index in [-0.39, 0.29) is 17.4 Å². The van der Waals surface area contributed by atoms with Gasteiger partial charge in [0, 0.05) is 7.05 Å². The van der Waals surface area contributed by atoms with Crippen molar-refractivity contribution in [3.8, 4) is 11.5 Å². The molecule has 4 rings (SSSR count). The molecule has 9 heteroatoms. The van der Waals surface area contributed by atoms with E-state index in [4.69, 9.17) is 9.47 Å². The molecule has 1 atom stereocenters. The lowest BCUT2D eigenvalue weighted by Crippen LogP contribution is -2.13. The van der Waals surface area contributed by atoms with Crippen LogP contribution in [0.3, 0.4) is 0 Å². The molecule has 0 radical (unpaired) electrons. The molecule has 0 aliphatic heterocycles. The topological polar surface area (TPSA) is 94.9 Å². The molecule has 0 aliphatic carbocycles. The number of hydrogen-bond donors (Lipinski definition) is 1. The zero-order valence-electron chi connectivity index (χ0n) is 17.7. The summed E-state index contributed by atoms with van der Waals surface area (Å²) in [4.78, 5) is 19.8. The Hall–Kier alpha value is -3.33. The number of fused-ring (bicyclic) bond motifs is 1. The van der Waals surface area contributed by atoms with E-state index in [0.29, 0.717) is 39.2 Å². The van der Waals surface area contributed by atoms with Gasteiger partial charge in [-0.3, -0.25) is 4.79 Å². The number of rotatable bonds is 7. The first-order valence-corrected chi connectivity index (χ1v) is 10.7. The Morgan fingerprint density at radius 3 is 2.77 bits per heavy atom. The molecule has 0 amide bonds. The first-order chi connectivity index (χ1) is 15.0. The maximum Gasteiger partial charge on any atom is 0.258 e. The van der Waals surface area contributed by atoms with E-state index in [1.807, 2.05) is 61.9 Å². The SMILES string of the molecule is COc1cc(C)ccc1OCc1nnc(S[C@@H](C)c2nc3ccccc3c(=O)[nH]2)n1C. The molecule has 0 aliphatic rings. The molecule has 4 aromatic rings. The third kappa shape index (κ3) is 4.41. The Morgan fingerprint density at radius 1 is 1.16 bits per heavy atom. The van der Waals surface area contributed by atoms with Gasteiger partial charge in [-0.15, -0.1) is 10.2 Å². The molecule has 2 aromatic carbocycles. The van der Waals surface area contributed by atoms with E-state index in [0.717, 1.165) is 5.56 Å². The number of nitrogens with one attached hydrogen (secondary N) is 1. The number of para-hydroxylation sites is 1. The van der Waals surface area contributed by atoms with Crippen LogP contribution in [0, 0.1) is 6.92 Å². The number of ether oxygens (including phenoxy) is 2. The Kier molecular flexibility index (Phi) is 5.94. The minimum Gasteiger partial charge on any atom is -0.493 e. The Balaban J connectivity index is 1.49. The van der Waals surface area contributed by atoms with Crippen molar-refractivity contribution in [2.45, 2.75) is 30.9 Å². The van der Waals surface area contributed by atoms with Crippen LogP contribution in [-0.2, 0) is 13.7 Å². The molecule has 0 spiro atoms. The first kappa shape index (κ1) is 20.9. The lowest BCUT2D eigenvalue weighted by Gasteiger charge is -2.12. The number of aromatic nitrogens is 5. The molecule has 2 aromatic heterocycles. The van der Waals surface area contributed by atoms with E-state index >= 15 is 0 Å². The van der Waals surface area contributed by atoms with Gasteiger partial charge in [-0.2, -0.15) is 0 Å². The largest absolute Gasteiger partial charge is 0.493 e. The van der Waals surface area contributed by atoms with Gasteiger partial charge < -0.3 is 19.0 Å². The molecule has 0 saturated heterocycles. The smallest absolute Gasteiger partial charge is 0.258 e. The average Bonchev–Trinajstić information content (AvgIpc) is 3.11. The fraction of sp³-hybridized carbons (Fsp3) is 0.273. The zero-order valence-corrected chi connectivity index (χ0v) is 18.6. The highest BCUT2D eigenvalue weighted by molar-refractivity contribution is 7.99. The van der Waals surface area contributed by atoms with Crippen LogP contribution in [0.5, 0.6) is 11.5 Å². The predicted molar refractivity (Wildman–Crippen MR) is 120 cm³/mol. The molecule has 31 heavy (non-hydrogen) atoms. The van der Waals surface area contributed by atoms with Crippen molar-refractivity contribution in [3.63, 3.8) is 0 Å². The number of aromatic amines is 1. The Labute approximate surface area is 183 Å². The summed E-state index contributed by atoms with van der Waals surface area (Å²) < 4.78 is 13.2. The summed E-state index contributed by atoms with van der Waals surface area (Å²) in [6.45, 7) is 4.22. The molecule has 1 N–H and O–H groups in total. The quantitative estimate of drug-likeness (QED) is 0.439. The van der Waals surface area contributed by atoms with E-state index < -0.39 is 0 Å². The van der Waals surface area contributed by atoms with Gasteiger partial charge in [0.15, 0.2) is 22.5 Å². The number of nitrogens with zero attached hydrogens (tertiary/aromatic N) is 4. The van der Waals surface area contributed by atoms with E-state index in [1.165, 1.54) is 11.8 Å². The van der Waals surface area contributed by atoms with Crippen molar-refractivity contribution in [2.24, 2.45) is 7.05 Å². The highest BCUT2D eigenvalue weighted by atomic mass is 32.2. The van der Waals surface area contributed by atoms with Gasteiger partial charge in [-0.25, -0.2) is 4.98 Å². The summed E-state index contributed by atoms with van der Waals surface area (Å²) in [5.41, 5.74) is 1.62. The van der Waals surface area contributed by atoms with Crippen molar-refractivity contribution in [2.75, 3.05) is 7.11 Å². The van der Waals surface area contributed by atoms with Crippen LogP contribution in [0.15, 0.2) is 52.4 Å². The molecule has 0 bridgehead atoms. The standard InChI is InChI=1S/C22H23N5O3S/c1-13-9-10-17(18(11-13)29-4)30-12-19-25-26-22(27(19)3)31-14(2)20-23-16-8-6-5-7-15(16)21(28)24-20/h5-11,14H,12H2,1-4H3,(H,23,24,28)/t14-/m0/s1. The van der Waals surface area contributed by atoms with E-state index in [1.54, 1.807) is 13.2 Å². The maximum atomic E-state index is 12.4. The molecule has 0 unspecified atom stereocenters. The number of methoxy groups -OCH3 is 1. The summed E-state index contributed by atoms with van der Waals surface area (Å²) in [6.07, 6.45) is 0. The second-order valence-electron chi connectivity index (χ2n) is 7.13. The Bertz CT molecular complexity index is 1280. The number of thioether (sulfide) groups is 1. The molecule has 8 nitrogen and oxygen atoms in total. The summed E-state index contributed by atoms with van der Waals surface area (Å²) >= 11 is 1.47. The summed E-state index contributed by atoms with van der Waals surface area (Å²) in [7, 11) is 3.50. The summed E-state index contributed by atoms with van der Waals surface area (Å²) in [5, 5.41) is 9.70. The lowest BCUT2D eigenvalue weighted by atomic mass is 10.2. The minimum absolute atomic E-state index is 0.119. The van der Waals surface area contributed by atoms with Gasteiger partial charge in [0.05, 0.1) is 23.3 Å². The second kappa shape index (κ2) is 8.81. The zero-order chi connectivity index (χ0) is 22.0. The van der Waals surface area contributed by atoms with Crippen LogP contribution in [0.4, 0.5) is 0 Å². The molecular weight excluding hydrogens is 414 g/mol. The van der Waals surface area contributed by atoms with Crippen LogP contribution in [0.25, 0.3) is 10.9 Å². The molecular formula is C22H23N5O3S. The van der Waals surface area contributed by atoms with Gasteiger partial charge in [0.1, 0.15) is 12.4 Å². The summed E-state index contributed by atoms with van der Waals surface area (Å²) in [5.74, 6) is 2.60. The van der Waals surface area contributed by atoms with Crippen molar-refractivity contribution in [1.82, 2.24) is 24.7 Å². The second-order valence-corrected chi connectivity index (χ2v) is 8.44. The van der Waals surface area contributed by atoms with Crippen molar-refractivity contribution in [1.29, 1.82) is 0 Å². The minimum atomic E-state index is -0.146. The first-order valence-electron chi connectivity index (χ1n) is 9.77. The van der Waals surface area contributed by atoms with Crippen molar-refractivity contribution in [3.05, 3.63) is 70.0 Å². The van der Waals surface area contributed by atoms with Crippen molar-refractivity contribution < 1.29 is 9.47 Å². The maximum absolute atomic E-state index is 12.4. The van der Waals surface area contributed by atoms with Gasteiger partial charge >= 0.3 is 0 Å². The third-order valence-electron chi connectivity index (χ3n) is 4.90. The van der Waals surface area contributed by atoms with Crippen LogP contribution in [0.2, 0.25) is 0 Å².